The highest BCUT2D eigenvalue weighted by Gasteiger charge is 2.13. The first-order chi connectivity index (χ1) is 8.20. The zero-order valence-corrected chi connectivity index (χ0v) is 9.36. The summed E-state index contributed by atoms with van der Waals surface area (Å²) >= 11 is 0. The third kappa shape index (κ3) is 5.97. The summed E-state index contributed by atoms with van der Waals surface area (Å²) in [5, 5.41) is 2.11. The van der Waals surface area contributed by atoms with Gasteiger partial charge in [0.15, 0.2) is 0 Å². The maximum absolute atomic E-state index is 11.8. The van der Waals surface area contributed by atoms with Gasteiger partial charge >= 0.3 is 6.43 Å². The van der Waals surface area contributed by atoms with Gasteiger partial charge in [-0.05, 0) is 12.0 Å². The van der Waals surface area contributed by atoms with Crippen molar-refractivity contribution in [1.82, 2.24) is 5.32 Å². The Labute approximate surface area is 98.8 Å². The number of rotatable bonds is 7. The smallest absolute Gasteiger partial charge is 0.315 e. The Hall–Kier alpha value is -1.49. The summed E-state index contributed by atoms with van der Waals surface area (Å²) in [6.45, 7) is 1.13. The third-order valence-corrected chi connectivity index (χ3v) is 2.07. The van der Waals surface area contributed by atoms with E-state index in [1.807, 2.05) is 30.3 Å². The SMILES string of the molecule is O=C(NCCCOCc1ccccc1)C(F)F. The van der Waals surface area contributed by atoms with Crippen molar-refractivity contribution in [2.75, 3.05) is 13.2 Å². The van der Waals surface area contributed by atoms with Crippen LogP contribution in [0.5, 0.6) is 0 Å². The third-order valence-electron chi connectivity index (χ3n) is 2.07. The number of ether oxygens (including phenoxy) is 1. The standard InChI is InChI=1S/C12H15F2NO2/c13-11(14)12(16)15-7-4-8-17-9-10-5-2-1-3-6-10/h1-3,5-6,11H,4,7-9H2,(H,15,16). The highest BCUT2D eigenvalue weighted by atomic mass is 19.3. The fourth-order valence-electron chi connectivity index (χ4n) is 1.23. The molecule has 0 radical (unpaired) electrons. The maximum Gasteiger partial charge on any atom is 0.315 e. The molecule has 3 nitrogen and oxygen atoms in total. The molecule has 94 valence electrons. The minimum Gasteiger partial charge on any atom is -0.377 e. The molecule has 0 saturated carbocycles. The normalized spacial score (nSPS) is 10.5. The van der Waals surface area contributed by atoms with E-state index in [2.05, 4.69) is 5.32 Å². The van der Waals surface area contributed by atoms with Gasteiger partial charge in [0.25, 0.3) is 5.91 Å². The maximum atomic E-state index is 11.8. The average Bonchev–Trinajstić information content (AvgIpc) is 2.34. The number of carbonyl (C=O) groups excluding carboxylic acids is 1. The molecule has 5 heteroatoms. The predicted octanol–water partition coefficient (Wildman–Crippen LogP) is 1.97. The van der Waals surface area contributed by atoms with Gasteiger partial charge in [-0.2, -0.15) is 8.78 Å². The minimum atomic E-state index is -2.94. The van der Waals surface area contributed by atoms with Crippen molar-refractivity contribution in [1.29, 1.82) is 0 Å². The van der Waals surface area contributed by atoms with Gasteiger partial charge in [-0.25, -0.2) is 0 Å². The van der Waals surface area contributed by atoms with Crippen LogP contribution in [0.25, 0.3) is 0 Å². The first-order valence-corrected chi connectivity index (χ1v) is 5.37. The molecule has 0 spiro atoms. The number of alkyl halides is 2. The lowest BCUT2D eigenvalue weighted by molar-refractivity contribution is -0.131. The van der Waals surface area contributed by atoms with E-state index >= 15 is 0 Å². The topological polar surface area (TPSA) is 38.3 Å². The fraction of sp³-hybridized carbons (Fsp3) is 0.417. The van der Waals surface area contributed by atoms with Crippen LogP contribution in [0, 0.1) is 0 Å². The van der Waals surface area contributed by atoms with E-state index in [1.165, 1.54) is 0 Å². The summed E-state index contributed by atoms with van der Waals surface area (Å²) in [6, 6.07) is 9.64. The molecule has 0 unspecified atom stereocenters. The zero-order chi connectivity index (χ0) is 12.5. The van der Waals surface area contributed by atoms with E-state index in [-0.39, 0.29) is 6.54 Å². The molecule has 0 fully saturated rings. The largest absolute Gasteiger partial charge is 0.377 e. The van der Waals surface area contributed by atoms with Crippen LogP contribution in [0.1, 0.15) is 12.0 Å². The van der Waals surface area contributed by atoms with E-state index in [9.17, 15) is 13.6 Å². The Morgan fingerprint density at radius 1 is 1.29 bits per heavy atom. The van der Waals surface area contributed by atoms with Crippen molar-refractivity contribution in [3.05, 3.63) is 35.9 Å². The number of nitrogens with one attached hydrogen (secondary N) is 1. The second kappa shape index (κ2) is 7.73. The van der Waals surface area contributed by atoms with Crippen LogP contribution < -0.4 is 5.32 Å². The molecular weight excluding hydrogens is 228 g/mol. The Kier molecular flexibility index (Phi) is 6.17. The van der Waals surface area contributed by atoms with E-state index in [4.69, 9.17) is 4.74 Å². The predicted molar refractivity (Wildman–Crippen MR) is 59.7 cm³/mol. The van der Waals surface area contributed by atoms with Gasteiger partial charge in [0.2, 0.25) is 0 Å². The van der Waals surface area contributed by atoms with Crippen molar-refractivity contribution in [3.8, 4) is 0 Å². The summed E-state index contributed by atoms with van der Waals surface area (Å²) in [4.78, 5) is 10.5. The summed E-state index contributed by atoms with van der Waals surface area (Å²) < 4.78 is 28.9. The fourth-order valence-corrected chi connectivity index (χ4v) is 1.23. The lowest BCUT2D eigenvalue weighted by Crippen LogP contribution is -2.30. The summed E-state index contributed by atoms with van der Waals surface area (Å²) in [6.07, 6.45) is -2.43. The molecule has 1 amide bonds. The van der Waals surface area contributed by atoms with Crippen molar-refractivity contribution >= 4 is 5.91 Å². The van der Waals surface area contributed by atoms with E-state index in [0.29, 0.717) is 19.6 Å². The Morgan fingerprint density at radius 2 is 2.00 bits per heavy atom. The molecule has 0 aliphatic heterocycles. The van der Waals surface area contributed by atoms with Gasteiger partial charge in [0, 0.05) is 13.2 Å². The van der Waals surface area contributed by atoms with Crippen molar-refractivity contribution < 1.29 is 18.3 Å². The van der Waals surface area contributed by atoms with E-state index in [1.54, 1.807) is 0 Å². The minimum absolute atomic E-state index is 0.206. The number of hydrogen-bond donors (Lipinski definition) is 1. The zero-order valence-electron chi connectivity index (χ0n) is 9.36. The Balaban J connectivity index is 2.00. The highest BCUT2D eigenvalue weighted by molar-refractivity contribution is 5.78. The molecule has 0 aromatic heterocycles. The molecule has 1 aromatic rings. The van der Waals surface area contributed by atoms with Crippen LogP contribution in [0.4, 0.5) is 8.78 Å². The summed E-state index contributed by atoms with van der Waals surface area (Å²) in [5.74, 6) is -1.23. The Bertz CT molecular complexity index is 331. The molecule has 0 atom stereocenters. The van der Waals surface area contributed by atoms with Crippen LogP contribution in [-0.2, 0) is 16.1 Å². The molecular formula is C12H15F2NO2. The first kappa shape index (κ1) is 13.6. The number of carbonyl (C=O) groups is 1. The quantitative estimate of drug-likeness (QED) is 0.743. The molecule has 1 N–H and O–H groups in total. The van der Waals surface area contributed by atoms with Crippen LogP contribution in [0.3, 0.4) is 0 Å². The molecule has 0 heterocycles. The van der Waals surface area contributed by atoms with Crippen LogP contribution in [0.2, 0.25) is 0 Å². The van der Waals surface area contributed by atoms with Crippen molar-refractivity contribution in [3.63, 3.8) is 0 Å². The summed E-state index contributed by atoms with van der Waals surface area (Å²) in [7, 11) is 0. The molecule has 0 saturated heterocycles. The van der Waals surface area contributed by atoms with Crippen LogP contribution >= 0.6 is 0 Å². The Morgan fingerprint density at radius 3 is 2.65 bits per heavy atom. The first-order valence-electron chi connectivity index (χ1n) is 5.37. The number of amides is 1. The lowest BCUT2D eigenvalue weighted by Gasteiger charge is -2.05. The van der Waals surface area contributed by atoms with E-state index < -0.39 is 12.3 Å². The number of halogens is 2. The molecule has 0 aliphatic carbocycles. The number of hydrogen-bond acceptors (Lipinski definition) is 2. The number of benzene rings is 1. The average molecular weight is 243 g/mol. The van der Waals surface area contributed by atoms with Gasteiger partial charge in [0.1, 0.15) is 0 Å². The second-order valence-corrected chi connectivity index (χ2v) is 3.48. The van der Waals surface area contributed by atoms with Gasteiger partial charge in [-0.3, -0.25) is 4.79 Å². The molecule has 1 aromatic carbocycles. The van der Waals surface area contributed by atoms with Crippen molar-refractivity contribution in [2.45, 2.75) is 19.5 Å². The monoisotopic (exact) mass is 243 g/mol. The summed E-state index contributed by atoms with van der Waals surface area (Å²) in [5.41, 5.74) is 1.06. The molecule has 1 rings (SSSR count). The van der Waals surface area contributed by atoms with E-state index in [0.717, 1.165) is 5.56 Å². The highest BCUT2D eigenvalue weighted by Crippen LogP contribution is 2.00. The van der Waals surface area contributed by atoms with Gasteiger partial charge in [0.05, 0.1) is 6.61 Å². The van der Waals surface area contributed by atoms with Gasteiger partial charge in [-0.15, -0.1) is 0 Å². The van der Waals surface area contributed by atoms with Crippen LogP contribution in [-0.4, -0.2) is 25.5 Å². The molecule has 0 aliphatic rings. The van der Waals surface area contributed by atoms with Crippen LogP contribution in [0.15, 0.2) is 30.3 Å². The molecule has 17 heavy (non-hydrogen) atoms. The lowest BCUT2D eigenvalue weighted by atomic mass is 10.2. The van der Waals surface area contributed by atoms with Gasteiger partial charge in [-0.1, -0.05) is 30.3 Å². The van der Waals surface area contributed by atoms with Gasteiger partial charge < -0.3 is 10.1 Å². The second-order valence-electron chi connectivity index (χ2n) is 3.48. The van der Waals surface area contributed by atoms with Crippen molar-refractivity contribution in [2.24, 2.45) is 0 Å². The molecule has 0 bridgehead atoms.